The van der Waals surface area contributed by atoms with Gasteiger partial charge in [-0.15, -0.1) is 0 Å². The van der Waals surface area contributed by atoms with E-state index in [4.69, 9.17) is 32.7 Å². The number of hydrogen-bond acceptors (Lipinski definition) is 4. The third kappa shape index (κ3) is 18.0. The van der Waals surface area contributed by atoms with E-state index in [-0.39, 0.29) is 0 Å². The van der Waals surface area contributed by atoms with Gasteiger partial charge in [0, 0.05) is 10.0 Å². The summed E-state index contributed by atoms with van der Waals surface area (Å²) in [4.78, 5) is 22.8. The molecule has 4 rings (SSSR count). The van der Waals surface area contributed by atoms with Gasteiger partial charge in [-0.1, -0.05) is 121 Å². The normalized spacial score (nSPS) is 11.9. The van der Waals surface area contributed by atoms with Crippen molar-refractivity contribution in [2.45, 2.75) is 116 Å². The molecule has 8 heteroatoms. The Bertz CT molecular complexity index is 1570. The molecule has 0 aliphatic carbocycles. The van der Waals surface area contributed by atoms with Gasteiger partial charge in [-0.3, -0.25) is 0 Å². The number of ether oxygens (including phenoxy) is 2. The number of unbranched alkanes of at least 4 members (excludes halogenated alkanes) is 8. The van der Waals surface area contributed by atoms with Crippen molar-refractivity contribution in [1.29, 1.82) is 0 Å². The second-order valence-electron chi connectivity index (χ2n) is 13.4. The minimum Gasteiger partial charge on any atom is -0.479 e. The van der Waals surface area contributed by atoms with E-state index in [1.54, 1.807) is 0 Å². The number of halogens is 2. The quantitative estimate of drug-likeness (QED) is 0.0777. The predicted molar refractivity (Wildman–Crippen MR) is 212 cm³/mol. The topological polar surface area (TPSA) is 93.1 Å². The van der Waals surface area contributed by atoms with Crippen molar-refractivity contribution in [3.63, 3.8) is 0 Å². The van der Waals surface area contributed by atoms with Gasteiger partial charge >= 0.3 is 11.9 Å². The van der Waals surface area contributed by atoms with Crippen molar-refractivity contribution in [2.75, 3.05) is 0 Å². The van der Waals surface area contributed by atoms with Crippen LogP contribution in [0, 0.1) is 13.8 Å². The maximum atomic E-state index is 11.4. The molecule has 0 saturated carbocycles. The average molecular weight is 750 g/mol. The van der Waals surface area contributed by atoms with E-state index >= 15 is 0 Å². The van der Waals surface area contributed by atoms with Gasteiger partial charge in [-0.05, 0) is 125 Å². The van der Waals surface area contributed by atoms with Crippen LogP contribution >= 0.6 is 23.2 Å². The van der Waals surface area contributed by atoms with Crippen LogP contribution in [0.25, 0.3) is 0 Å². The van der Waals surface area contributed by atoms with Gasteiger partial charge in [0.1, 0.15) is 11.5 Å². The summed E-state index contributed by atoms with van der Waals surface area (Å²) in [6.45, 7) is 3.98. The molecule has 4 aromatic rings. The van der Waals surface area contributed by atoms with Crippen LogP contribution in [0.3, 0.4) is 0 Å². The number of rotatable bonds is 22. The molecule has 6 nitrogen and oxygen atoms in total. The van der Waals surface area contributed by atoms with E-state index in [1.165, 1.54) is 30.4 Å². The predicted octanol–water partition coefficient (Wildman–Crippen LogP) is 12.1. The van der Waals surface area contributed by atoms with Gasteiger partial charge in [-0.25, -0.2) is 9.59 Å². The molecule has 0 amide bonds. The summed E-state index contributed by atoms with van der Waals surface area (Å²) < 4.78 is 11.2. The van der Waals surface area contributed by atoms with Crippen molar-refractivity contribution < 1.29 is 29.3 Å². The third-order valence-corrected chi connectivity index (χ3v) is 9.34. The Balaban J connectivity index is 0.000000281. The van der Waals surface area contributed by atoms with E-state index < -0.39 is 24.1 Å². The Labute approximate surface area is 320 Å². The maximum absolute atomic E-state index is 11.4. The first kappa shape index (κ1) is 42.4. The van der Waals surface area contributed by atoms with E-state index in [0.29, 0.717) is 24.3 Å². The van der Waals surface area contributed by atoms with E-state index in [2.05, 4.69) is 24.3 Å². The fourth-order valence-corrected chi connectivity index (χ4v) is 5.96. The van der Waals surface area contributed by atoms with Crippen LogP contribution in [-0.4, -0.2) is 34.4 Å². The summed E-state index contributed by atoms with van der Waals surface area (Å²) in [5, 5.41) is 20.2. The van der Waals surface area contributed by atoms with Crippen LogP contribution < -0.4 is 9.47 Å². The number of aryl methyl sites for hydroxylation is 4. The molecule has 0 spiro atoms. The van der Waals surface area contributed by atoms with Gasteiger partial charge in [-0.2, -0.15) is 0 Å². The SMILES string of the molecule is Cc1ccc(OC(CCCCCCCCc2ccc(Cl)cc2)C(=O)O)cc1.Cc1ccc(OC(CCCCCCc2ccc(Cl)cc2)C(=O)O)cc1. The summed E-state index contributed by atoms with van der Waals surface area (Å²) in [6.07, 6.45) is 12.3. The molecule has 2 unspecified atom stereocenters. The van der Waals surface area contributed by atoms with Gasteiger partial charge in [0.05, 0.1) is 0 Å². The molecule has 0 saturated heterocycles. The molecule has 2 atom stereocenters. The van der Waals surface area contributed by atoms with Crippen LogP contribution in [0.2, 0.25) is 10.0 Å². The van der Waals surface area contributed by atoms with Gasteiger partial charge < -0.3 is 19.7 Å². The van der Waals surface area contributed by atoms with Crippen LogP contribution in [0.4, 0.5) is 0 Å². The highest BCUT2D eigenvalue weighted by Crippen LogP contribution is 2.20. The Morgan fingerprint density at radius 1 is 0.481 bits per heavy atom. The smallest absolute Gasteiger partial charge is 0.344 e. The zero-order valence-corrected chi connectivity index (χ0v) is 32.1. The van der Waals surface area contributed by atoms with Crippen molar-refractivity contribution in [3.05, 3.63) is 129 Å². The fraction of sp³-hybridized carbons (Fsp3) is 0.409. The summed E-state index contributed by atoms with van der Waals surface area (Å²) >= 11 is 11.8. The summed E-state index contributed by atoms with van der Waals surface area (Å²) in [6, 6.07) is 31.0. The molecule has 280 valence electrons. The summed E-state index contributed by atoms with van der Waals surface area (Å²) in [7, 11) is 0. The molecule has 0 aromatic heterocycles. The molecule has 52 heavy (non-hydrogen) atoms. The Hall–Kier alpha value is -4.00. The zero-order chi connectivity index (χ0) is 37.6. The van der Waals surface area contributed by atoms with E-state index in [1.807, 2.05) is 86.6 Å². The Kier molecular flexibility index (Phi) is 19.8. The molecule has 0 heterocycles. The highest BCUT2D eigenvalue weighted by atomic mass is 35.5. The highest BCUT2D eigenvalue weighted by Gasteiger charge is 2.19. The van der Waals surface area contributed by atoms with Crippen LogP contribution in [0.15, 0.2) is 97.1 Å². The first-order chi connectivity index (χ1) is 25.1. The first-order valence-electron chi connectivity index (χ1n) is 18.5. The van der Waals surface area contributed by atoms with Crippen LogP contribution in [0.5, 0.6) is 11.5 Å². The summed E-state index contributed by atoms with van der Waals surface area (Å²) in [5.74, 6) is -0.559. The number of carbonyl (C=O) groups is 2. The molecular formula is C44H54Cl2O6. The minimum absolute atomic E-state index is 0.532. The van der Waals surface area contributed by atoms with E-state index in [0.717, 1.165) is 79.0 Å². The molecule has 4 aromatic carbocycles. The lowest BCUT2D eigenvalue weighted by Gasteiger charge is -2.15. The minimum atomic E-state index is -0.901. The molecule has 0 aliphatic heterocycles. The molecule has 2 N–H and O–H groups in total. The second kappa shape index (κ2) is 24.3. The molecule has 0 aliphatic rings. The largest absolute Gasteiger partial charge is 0.479 e. The van der Waals surface area contributed by atoms with Gasteiger partial charge in [0.2, 0.25) is 0 Å². The third-order valence-electron chi connectivity index (χ3n) is 8.84. The lowest BCUT2D eigenvalue weighted by atomic mass is 10.0. The fourth-order valence-electron chi connectivity index (χ4n) is 5.71. The van der Waals surface area contributed by atoms with E-state index in [9.17, 15) is 19.8 Å². The number of carboxylic acids is 2. The van der Waals surface area contributed by atoms with Crippen molar-refractivity contribution in [3.8, 4) is 11.5 Å². The summed E-state index contributed by atoms with van der Waals surface area (Å²) in [5.41, 5.74) is 4.87. The van der Waals surface area contributed by atoms with Gasteiger partial charge in [0.15, 0.2) is 12.2 Å². The number of benzene rings is 4. The number of hydrogen-bond donors (Lipinski definition) is 2. The standard InChI is InChI=1S/C23H29ClO3.C21H25ClO3/c1-18-10-16-21(17-11-18)27-22(23(25)26)9-7-5-3-2-4-6-8-19-12-14-20(24)15-13-19;1-16-8-14-19(15-9-16)25-20(21(23)24)7-5-3-2-4-6-17-10-12-18(22)13-11-17/h10-17,22H,2-9H2,1H3,(H,25,26);8-15,20H,2-7H2,1H3,(H,23,24). The maximum Gasteiger partial charge on any atom is 0.344 e. The number of aliphatic carboxylic acids is 2. The van der Waals surface area contributed by atoms with Crippen LogP contribution in [0.1, 0.15) is 99.3 Å². The molecule has 0 radical (unpaired) electrons. The lowest BCUT2D eigenvalue weighted by Crippen LogP contribution is -2.26. The molecule has 0 fully saturated rings. The number of carboxylic acid groups (broad SMARTS) is 2. The molecular weight excluding hydrogens is 695 g/mol. The Morgan fingerprint density at radius 3 is 1.12 bits per heavy atom. The average Bonchev–Trinajstić information content (AvgIpc) is 3.13. The van der Waals surface area contributed by atoms with Crippen molar-refractivity contribution >= 4 is 35.1 Å². The lowest BCUT2D eigenvalue weighted by molar-refractivity contribution is -0.146. The highest BCUT2D eigenvalue weighted by molar-refractivity contribution is 6.30. The Morgan fingerprint density at radius 2 is 0.788 bits per heavy atom. The van der Waals surface area contributed by atoms with Crippen molar-refractivity contribution in [1.82, 2.24) is 0 Å². The van der Waals surface area contributed by atoms with Crippen LogP contribution in [-0.2, 0) is 22.4 Å². The van der Waals surface area contributed by atoms with Crippen molar-refractivity contribution in [2.24, 2.45) is 0 Å². The van der Waals surface area contributed by atoms with Gasteiger partial charge in [0.25, 0.3) is 0 Å². The zero-order valence-electron chi connectivity index (χ0n) is 30.6. The monoisotopic (exact) mass is 748 g/mol. The second-order valence-corrected chi connectivity index (χ2v) is 14.3. The molecule has 0 bridgehead atoms. The first-order valence-corrected chi connectivity index (χ1v) is 19.3.